The minimum Gasteiger partial charge on any atom is -0.481 e. The predicted molar refractivity (Wildman–Crippen MR) is 82.6 cm³/mol. The van der Waals surface area contributed by atoms with E-state index < -0.39 is 24.4 Å². The lowest BCUT2D eigenvalue weighted by atomic mass is 10.1. The van der Waals surface area contributed by atoms with E-state index in [0.717, 1.165) is 5.56 Å². The number of fused-ring (bicyclic) bond motifs is 1. The zero-order valence-electron chi connectivity index (χ0n) is 13.2. The van der Waals surface area contributed by atoms with Gasteiger partial charge in [-0.15, -0.1) is 0 Å². The maximum absolute atomic E-state index is 11.7. The van der Waals surface area contributed by atoms with Crippen LogP contribution in [-0.2, 0) is 16.1 Å². The van der Waals surface area contributed by atoms with Crippen LogP contribution in [0.2, 0.25) is 0 Å². The number of ether oxygens (including phenoxy) is 2. The van der Waals surface area contributed by atoms with Crippen LogP contribution in [0.1, 0.15) is 5.56 Å². The zero-order valence-corrected chi connectivity index (χ0v) is 13.2. The van der Waals surface area contributed by atoms with Crippen LogP contribution in [0.5, 0.6) is 11.5 Å². The van der Waals surface area contributed by atoms with Gasteiger partial charge in [0.25, 0.3) is 0 Å². The van der Waals surface area contributed by atoms with E-state index in [9.17, 15) is 14.7 Å². The Labute approximate surface area is 139 Å². The number of hydrogen-bond donors (Lipinski definition) is 2. The summed E-state index contributed by atoms with van der Waals surface area (Å²) in [5.74, 6) is -0.668. The Bertz CT molecular complexity index is 635. The number of carbonyl (C=O) groups excluding carboxylic acids is 1. The van der Waals surface area contributed by atoms with E-state index in [2.05, 4.69) is 0 Å². The van der Waals surface area contributed by atoms with Crippen molar-refractivity contribution in [2.24, 2.45) is 5.92 Å². The Balaban J connectivity index is 1.70. The van der Waals surface area contributed by atoms with Crippen molar-refractivity contribution in [2.45, 2.75) is 6.54 Å². The zero-order chi connectivity index (χ0) is 17.1. The van der Waals surface area contributed by atoms with Crippen molar-refractivity contribution in [3.05, 3.63) is 23.8 Å². The third-order valence-corrected chi connectivity index (χ3v) is 4.29. The molecule has 1 fully saturated rings. The number of aliphatic carboxylic acids is 1. The summed E-state index contributed by atoms with van der Waals surface area (Å²) in [6, 6.07) is 5.65. The predicted octanol–water partition coefficient (Wildman–Crippen LogP) is -0.247. The number of carbonyl (C=O) groups is 2. The van der Waals surface area contributed by atoms with E-state index in [4.69, 9.17) is 14.6 Å². The minimum atomic E-state index is -0.941. The van der Waals surface area contributed by atoms with Crippen molar-refractivity contribution >= 4 is 11.9 Å². The summed E-state index contributed by atoms with van der Waals surface area (Å²) in [6.45, 7) is 1.57. The van der Waals surface area contributed by atoms with Crippen molar-refractivity contribution in [1.82, 2.24) is 9.80 Å². The van der Waals surface area contributed by atoms with Crippen molar-refractivity contribution in [3.63, 3.8) is 0 Å². The normalized spacial score (nSPS) is 20.7. The lowest BCUT2D eigenvalue weighted by molar-refractivity contribution is -0.144. The van der Waals surface area contributed by atoms with Gasteiger partial charge in [-0.3, -0.25) is 14.5 Å². The molecule has 2 aliphatic rings. The second-order valence-corrected chi connectivity index (χ2v) is 5.96. The lowest BCUT2D eigenvalue weighted by Crippen LogP contribution is -2.39. The summed E-state index contributed by atoms with van der Waals surface area (Å²) in [5, 5.41) is 18.4. The second kappa shape index (κ2) is 7.06. The third kappa shape index (κ3) is 3.60. The Morgan fingerprint density at radius 1 is 1.17 bits per heavy atom. The highest BCUT2D eigenvalue weighted by Gasteiger charge is 2.29. The van der Waals surface area contributed by atoms with Crippen molar-refractivity contribution in [3.8, 4) is 11.5 Å². The average molecular weight is 336 g/mol. The topological polar surface area (TPSA) is 99.5 Å². The molecule has 0 bridgehead atoms. The highest BCUT2D eigenvalue weighted by Crippen LogP contribution is 2.32. The molecule has 1 amide bonds. The highest BCUT2D eigenvalue weighted by molar-refractivity contribution is 5.78. The van der Waals surface area contributed by atoms with E-state index in [1.807, 2.05) is 23.1 Å². The Hall–Kier alpha value is -2.32. The van der Waals surface area contributed by atoms with Gasteiger partial charge < -0.3 is 24.6 Å². The summed E-state index contributed by atoms with van der Waals surface area (Å²) in [6.07, 6.45) is 0. The van der Waals surface area contributed by atoms with Crippen LogP contribution in [0.4, 0.5) is 0 Å². The molecule has 1 unspecified atom stereocenters. The third-order valence-electron chi connectivity index (χ3n) is 4.29. The van der Waals surface area contributed by atoms with Crippen molar-refractivity contribution in [2.75, 3.05) is 39.6 Å². The summed E-state index contributed by atoms with van der Waals surface area (Å²) in [5.41, 5.74) is 0.991. The summed E-state index contributed by atoms with van der Waals surface area (Å²) >= 11 is 0. The van der Waals surface area contributed by atoms with Gasteiger partial charge in [-0.05, 0) is 17.7 Å². The smallest absolute Gasteiger partial charge is 0.309 e. The molecule has 0 aliphatic carbocycles. The van der Waals surface area contributed by atoms with Gasteiger partial charge in [0.15, 0.2) is 11.5 Å². The van der Waals surface area contributed by atoms with Crippen LogP contribution in [0, 0.1) is 5.92 Å². The van der Waals surface area contributed by atoms with Gasteiger partial charge in [0.1, 0.15) is 6.61 Å². The molecule has 24 heavy (non-hydrogen) atoms. The van der Waals surface area contributed by atoms with E-state index in [1.54, 1.807) is 0 Å². The van der Waals surface area contributed by atoms with E-state index in [-0.39, 0.29) is 13.3 Å². The molecule has 0 spiro atoms. The SMILES string of the molecule is O=C(O)C1CN(Cc2ccc3c(c2)OCO3)CCN(C(=O)CO)C1. The molecule has 2 heterocycles. The molecule has 3 rings (SSSR count). The number of benzene rings is 1. The maximum Gasteiger partial charge on any atom is 0.309 e. The number of nitrogens with zero attached hydrogens (tertiary/aromatic N) is 2. The first-order valence-electron chi connectivity index (χ1n) is 7.79. The largest absolute Gasteiger partial charge is 0.481 e. The number of aliphatic hydroxyl groups excluding tert-OH is 1. The fourth-order valence-electron chi connectivity index (χ4n) is 3.00. The Morgan fingerprint density at radius 2 is 1.96 bits per heavy atom. The van der Waals surface area contributed by atoms with Crippen LogP contribution in [0.15, 0.2) is 18.2 Å². The van der Waals surface area contributed by atoms with Crippen LogP contribution in [-0.4, -0.2) is 71.5 Å². The molecule has 1 aromatic rings. The molecule has 8 heteroatoms. The van der Waals surface area contributed by atoms with Crippen molar-refractivity contribution < 1.29 is 29.3 Å². The Morgan fingerprint density at radius 3 is 2.71 bits per heavy atom. The number of aliphatic hydroxyl groups is 1. The number of amides is 1. The number of carboxylic acid groups (broad SMARTS) is 1. The lowest BCUT2D eigenvalue weighted by Gasteiger charge is -2.21. The molecule has 0 aromatic heterocycles. The van der Waals surface area contributed by atoms with Gasteiger partial charge in [0.05, 0.1) is 5.92 Å². The van der Waals surface area contributed by atoms with Crippen LogP contribution >= 0.6 is 0 Å². The standard InChI is InChI=1S/C16H20N2O6/c19-9-15(20)18-4-3-17(7-12(8-18)16(21)22)6-11-1-2-13-14(5-11)24-10-23-13/h1-2,5,12,19H,3-4,6-10H2,(H,21,22). The number of rotatable bonds is 4. The van der Waals surface area contributed by atoms with Gasteiger partial charge >= 0.3 is 5.97 Å². The van der Waals surface area contributed by atoms with Gasteiger partial charge in [0, 0.05) is 32.7 Å². The molecule has 2 aliphatic heterocycles. The fraction of sp³-hybridized carbons (Fsp3) is 0.500. The van der Waals surface area contributed by atoms with Gasteiger partial charge in [0.2, 0.25) is 12.7 Å². The molecule has 1 atom stereocenters. The molecule has 0 saturated carbocycles. The maximum atomic E-state index is 11.7. The first-order valence-corrected chi connectivity index (χ1v) is 7.79. The monoisotopic (exact) mass is 336 g/mol. The molecule has 1 aromatic carbocycles. The second-order valence-electron chi connectivity index (χ2n) is 5.96. The summed E-state index contributed by atoms with van der Waals surface area (Å²) < 4.78 is 10.6. The molecule has 1 saturated heterocycles. The fourth-order valence-corrected chi connectivity index (χ4v) is 3.00. The van der Waals surface area contributed by atoms with Crippen LogP contribution < -0.4 is 9.47 Å². The summed E-state index contributed by atoms with van der Waals surface area (Å²) in [4.78, 5) is 26.6. The molecule has 130 valence electrons. The molecule has 0 radical (unpaired) electrons. The van der Waals surface area contributed by atoms with Crippen LogP contribution in [0.3, 0.4) is 0 Å². The van der Waals surface area contributed by atoms with Gasteiger partial charge in [-0.2, -0.15) is 0 Å². The molecule has 2 N–H and O–H groups in total. The molecule has 8 nitrogen and oxygen atoms in total. The first kappa shape index (κ1) is 16.5. The average Bonchev–Trinajstić information content (AvgIpc) is 2.93. The van der Waals surface area contributed by atoms with Crippen LogP contribution in [0.25, 0.3) is 0 Å². The highest BCUT2D eigenvalue weighted by atomic mass is 16.7. The van der Waals surface area contributed by atoms with E-state index in [0.29, 0.717) is 37.7 Å². The molecular weight excluding hydrogens is 316 g/mol. The first-order chi connectivity index (χ1) is 11.6. The quantitative estimate of drug-likeness (QED) is 0.782. The van der Waals surface area contributed by atoms with Gasteiger partial charge in [-0.1, -0.05) is 6.07 Å². The van der Waals surface area contributed by atoms with E-state index in [1.165, 1.54) is 4.90 Å². The number of carboxylic acids is 1. The van der Waals surface area contributed by atoms with Crippen molar-refractivity contribution in [1.29, 1.82) is 0 Å². The van der Waals surface area contributed by atoms with E-state index >= 15 is 0 Å². The number of hydrogen-bond acceptors (Lipinski definition) is 6. The Kier molecular flexibility index (Phi) is 4.86. The minimum absolute atomic E-state index is 0.117. The van der Waals surface area contributed by atoms with Gasteiger partial charge in [-0.25, -0.2) is 0 Å². The molecular formula is C16H20N2O6. The summed E-state index contributed by atoms with van der Waals surface area (Å²) in [7, 11) is 0.